The van der Waals surface area contributed by atoms with Gasteiger partial charge < -0.3 is 31.2 Å². The van der Waals surface area contributed by atoms with E-state index in [4.69, 9.17) is 20.9 Å². The molecule has 6 amide bonds. The van der Waals surface area contributed by atoms with Crippen molar-refractivity contribution in [2.45, 2.75) is 63.5 Å². The summed E-state index contributed by atoms with van der Waals surface area (Å²) in [7, 11) is 0. The lowest BCUT2D eigenvalue weighted by Crippen LogP contribution is -2.54. The number of carbonyl (C=O) groups excluding carboxylic acids is 6. The number of hydrogen-bond acceptors (Lipinski definition) is 11. The van der Waals surface area contributed by atoms with Crippen molar-refractivity contribution in [2.75, 3.05) is 43.9 Å². The van der Waals surface area contributed by atoms with Gasteiger partial charge in [-0.25, -0.2) is 13.5 Å². The van der Waals surface area contributed by atoms with Gasteiger partial charge in [-0.3, -0.25) is 39.0 Å². The van der Waals surface area contributed by atoms with Crippen LogP contribution >= 0.6 is 0 Å². The fourth-order valence-corrected chi connectivity index (χ4v) is 7.74. The van der Waals surface area contributed by atoms with Gasteiger partial charge in [0.15, 0.2) is 11.6 Å². The van der Waals surface area contributed by atoms with Gasteiger partial charge in [0.05, 0.1) is 17.2 Å². The van der Waals surface area contributed by atoms with E-state index < -0.39 is 47.2 Å². The van der Waals surface area contributed by atoms with Crippen LogP contribution in [0.15, 0.2) is 60.7 Å². The number of carbonyl (C=O) groups is 6. The highest BCUT2D eigenvalue weighted by molar-refractivity contribution is 6.25. The minimum atomic E-state index is -1.03. The Balaban J connectivity index is 0.846. The molecule has 60 heavy (non-hydrogen) atoms. The second kappa shape index (κ2) is 18.1. The number of amides is 6. The van der Waals surface area contributed by atoms with Gasteiger partial charge in [-0.15, -0.1) is 0 Å². The van der Waals surface area contributed by atoms with Crippen molar-refractivity contribution in [3.05, 3.63) is 89.0 Å². The number of unbranched alkanes of at least 4 members (excludes halogenated alkanes) is 3. The number of aromatic nitrogens is 2. The van der Waals surface area contributed by atoms with Crippen LogP contribution in [0, 0.1) is 11.6 Å². The van der Waals surface area contributed by atoms with Crippen LogP contribution in [-0.2, 0) is 19.1 Å². The molecule has 0 aliphatic carbocycles. The SMILES string of the molecule is NC(=O)c1c(-c2ccc(Oc3ccc(F)cc3F)cc2)nn([C@@H]2CCCN(C(=O)COCCCCCCNc3cccc4c3C(=O)N(C3CCC(=O)NC3=O)C4=O)C2)c1N. The van der Waals surface area contributed by atoms with Crippen LogP contribution < -0.4 is 26.8 Å². The van der Waals surface area contributed by atoms with Crippen molar-refractivity contribution in [3.8, 4) is 22.8 Å². The lowest BCUT2D eigenvalue weighted by Gasteiger charge is -2.33. The summed E-state index contributed by atoms with van der Waals surface area (Å²) >= 11 is 0. The third kappa shape index (κ3) is 8.83. The Morgan fingerprint density at radius 3 is 2.48 bits per heavy atom. The number of piperidine rings is 2. The Bertz CT molecular complexity index is 2330. The predicted molar refractivity (Wildman–Crippen MR) is 213 cm³/mol. The largest absolute Gasteiger partial charge is 0.454 e. The number of nitrogen functional groups attached to an aromatic ring is 1. The molecule has 0 radical (unpaired) electrons. The zero-order valence-electron chi connectivity index (χ0n) is 32.6. The quantitative estimate of drug-likeness (QED) is 0.0906. The van der Waals surface area contributed by atoms with Crippen molar-refractivity contribution < 1.29 is 47.0 Å². The first kappa shape index (κ1) is 41.5. The number of hydrogen-bond donors (Lipinski definition) is 4. The highest BCUT2D eigenvalue weighted by Crippen LogP contribution is 2.35. The first-order chi connectivity index (χ1) is 28.9. The average molecular weight is 827 g/mol. The van der Waals surface area contributed by atoms with E-state index in [-0.39, 0.29) is 71.1 Å². The van der Waals surface area contributed by atoms with Crippen molar-refractivity contribution in [1.29, 1.82) is 0 Å². The molecule has 18 heteroatoms. The van der Waals surface area contributed by atoms with Crippen LogP contribution in [0.25, 0.3) is 11.3 Å². The molecule has 6 N–H and O–H groups in total. The minimum Gasteiger partial charge on any atom is -0.454 e. The molecule has 2 fully saturated rings. The van der Waals surface area contributed by atoms with E-state index >= 15 is 0 Å². The van der Waals surface area contributed by atoms with E-state index in [1.807, 2.05) is 0 Å². The van der Waals surface area contributed by atoms with Gasteiger partial charge in [0.25, 0.3) is 17.7 Å². The Hall–Kier alpha value is -6.69. The molecule has 0 saturated carbocycles. The topological polar surface area (TPSA) is 221 Å². The van der Waals surface area contributed by atoms with Crippen molar-refractivity contribution in [3.63, 3.8) is 0 Å². The fourth-order valence-electron chi connectivity index (χ4n) is 7.74. The molecule has 2 atom stereocenters. The Labute approximate surface area is 343 Å². The summed E-state index contributed by atoms with van der Waals surface area (Å²) in [6, 6.07) is 12.9. The van der Waals surface area contributed by atoms with Crippen molar-refractivity contribution >= 4 is 46.9 Å². The molecule has 1 aromatic heterocycles. The smallest absolute Gasteiger partial charge is 0.264 e. The maximum absolute atomic E-state index is 14.1. The van der Waals surface area contributed by atoms with E-state index in [0.717, 1.165) is 42.7 Å². The van der Waals surface area contributed by atoms with Gasteiger partial charge in [0.2, 0.25) is 17.7 Å². The van der Waals surface area contributed by atoms with Crippen LogP contribution in [0.4, 0.5) is 20.3 Å². The number of nitrogens with zero attached hydrogens (tertiary/aromatic N) is 4. The van der Waals surface area contributed by atoms with E-state index in [9.17, 15) is 37.5 Å². The third-order valence-corrected chi connectivity index (χ3v) is 10.8. The number of nitrogens with one attached hydrogen (secondary N) is 2. The molecule has 4 heterocycles. The van der Waals surface area contributed by atoms with Crippen molar-refractivity contribution in [2.24, 2.45) is 5.73 Å². The van der Waals surface area contributed by atoms with Crippen LogP contribution in [0.5, 0.6) is 11.5 Å². The highest BCUT2D eigenvalue weighted by atomic mass is 19.1. The highest BCUT2D eigenvalue weighted by Gasteiger charge is 2.45. The zero-order valence-corrected chi connectivity index (χ0v) is 32.6. The molecule has 4 aromatic rings. The van der Waals surface area contributed by atoms with Gasteiger partial charge in [-0.1, -0.05) is 18.9 Å². The molecule has 3 aliphatic rings. The van der Waals surface area contributed by atoms with Gasteiger partial charge in [0.1, 0.15) is 41.3 Å². The first-order valence-corrected chi connectivity index (χ1v) is 19.8. The number of halogens is 2. The minimum absolute atomic E-state index is 0.0318. The molecule has 3 aromatic carbocycles. The maximum Gasteiger partial charge on any atom is 0.264 e. The standard InChI is InChI=1S/C42H44F2N8O8/c43-25-12-16-32(29(44)21-25)60-27-13-10-24(11-14-27)37-36(39(46)55)38(45)52(49-37)26-7-6-19-50(22-26)34(54)23-59-20-4-2-1-3-18-47-30-9-5-8-28-35(30)42(58)51(41(28)57)31-15-17-33(53)48-40(31)56/h5,8-14,16,21,26,31,47H,1-4,6-7,15,17-20,22-23,45H2,(H2,46,55)(H,48,53,56)/t26-,31?/m1/s1. The maximum atomic E-state index is 14.1. The second-order valence-electron chi connectivity index (χ2n) is 14.8. The predicted octanol–water partition coefficient (Wildman–Crippen LogP) is 4.56. The van der Waals surface area contributed by atoms with Gasteiger partial charge in [-0.05, 0) is 80.6 Å². The number of ether oxygens (including phenoxy) is 2. The molecule has 7 rings (SSSR count). The van der Waals surface area contributed by atoms with E-state index in [1.54, 1.807) is 47.4 Å². The molecule has 2 saturated heterocycles. The first-order valence-electron chi connectivity index (χ1n) is 19.8. The Morgan fingerprint density at radius 2 is 1.73 bits per heavy atom. The molecule has 16 nitrogen and oxygen atoms in total. The van der Waals surface area contributed by atoms with E-state index in [1.165, 1.54) is 10.7 Å². The van der Waals surface area contributed by atoms with Gasteiger partial charge in [0, 0.05) is 50.0 Å². The number of imide groups is 2. The summed E-state index contributed by atoms with van der Waals surface area (Å²) in [6.07, 6.45) is 4.63. The monoisotopic (exact) mass is 826 g/mol. The van der Waals surface area contributed by atoms with Gasteiger partial charge in [-0.2, -0.15) is 5.10 Å². The molecule has 314 valence electrons. The Morgan fingerprint density at radius 1 is 0.950 bits per heavy atom. The van der Waals surface area contributed by atoms with Crippen molar-refractivity contribution in [1.82, 2.24) is 24.9 Å². The number of likely N-dealkylation sites (tertiary alicyclic amines) is 1. The van der Waals surface area contributed by atoms with Crippen LogP contribution in [0.3, 0.4) is 0 Å². The molecule has 3 aliphatic heterocycles. The van der Waals surface area contributed by atoms with Crippen LogP contribution in [-0.4, -0.2) is 93.9 Å². The number of fused-ring (bicyclic) bond motifs is 1. The average Bonchev–Trinajstić information content (AvgIpc) is 3.71. The molecule has 0 bridgehead atoms. The zero-order chi connectivity index (χ0) is 42.5. The number of benzene rings is 3. The summed E-state index contributed by atoms with van der Waals surface area (Å²) < 4.78 is 40.2. The summed E-state index contributed by atoms with van der Waals surface area (Å²) in [6.45, 7) is 1.65. The lowest BCUT2D eigenvalue weighted by molar-refractivity contribution is -0.138. The summed E-state index contributed by atoms with van der Waals surface area (Å²) in [5.74, 6) is -4.56. The summed E-state index contributed by atoms with van der Waals surface area (Å²) in [5.41, 5.74) is 13.9. The number of anilines is 2. The molecular weight excluding hydrogens is 783 g/mol. The summed E-state index contributed by atoms with van der Waals surface area (Å²) in [5, 5.41) is 10.1. The Kier molecular flexibility index (Phi) is 12.5. The summed E-state index contributed by atoms with van der Waals surface area (Å²) in [4.78, 5) is 78.7. The molecule has 0 spiro atoms. The number of primary amides is 1. The normalized spacial score (nSPS) is 17.8. The van der Waals surface area contributed by atoms with Crippen LogP contribution in [0.2, 0.25) is 0 Å². The second-order valence-corrected chi connectivity index (χ2v) is 14.8. The number of nitrogens with two attached hydrogens (primary N) is 2. The third-order valence-electron chi connectivity index (χ3n) is 10.8. The number of rotatable bonds is 16. The molecule has 1 unspecified atom stereocenters. The lowest BCUT2D eigenvalue weighted by atomic mass is 10.0. The van der Waals surface area contributed by atoms with Gasteiger partial charge >= 0.3 is 0 Å². The van der Waals surface area contributed by atoms with E-state index in [2.05, 4.69) is 15.7 Å². The van der Waals surface area contributed by atoms with E-state index in [0.29, 0.717) is 50.3 Å². The van der Waals surface area contributed by atoms with Crippen LogP contribution in [0.1, 0.15) is 88.5 Å². The fraction of sp³-hybridized carbons (Fsp3) is 0.357. The molecular formula is C42H44F2N8O8.